The molecule has 0 atom stereocenters. The Morgan fingerprint density at radius 2 is 1.67 bits per heavy atom. The van der Waals surface area contributed by atoms with Crippen molar-refractivity contribution in [2.75, 3.05) is 10.0 Å². The number of hydrogen-bond donors (Lipinski definition) is 2. The summed E-state index contributed by atoms with van der Waals surface area (Å²) in [5, 5.41) is 2.79. The third-order valence-corrected chi connectivity index (χ3v) is 5.20. The molecule has 0 unspecified atom stereocenters. The Morgan fingerprint density at radius 3 is 2.33 bits per heavy atom. The molecule has 3 aromatic rings. The highest BCUT2D eigenvalue weighted by atomic mass is 35.5. The van der Waals surface area contributed by atoms with Gasteiger partial charge in [-0.25, -0.2) is 13.4 Å². The number of rotatable bonds is 5. The second kappa shape index (κ2) is 7.73. The molecule has 1 amide bonds. The number of aromatic nitrogens is 1. The molecular weight excluding hydrogens is 393 g/mol. The molecule has 3 rings (SSSR count). The summed E-state index contributed by atoms with van der Waals surface area (Å²) in [5.41, 5.74) is 0.503. The number of nitrogens with zero attached hydrogens (tertiary/aromatic N) is 1. The van der Waals surface area contributed by atoms with Gasteiger partial charge in [0, 0.05) is 5.69 Å². The molecule has 0 fully saturated rings. The van der Waals surface area contributed by atoms with Gasteiger partial charge in [0.15, 0.2) is 0 Å². The third-order valence-electron chi connectivity index (χ3n) is 3.49. The summed E-state index contributed by atoms with van der Waals surface area (Å²) in [6, 6.07) is 15.8. The van der Waals surface area contributed by atoms with E-state index in [0.29, 0.717) is 5.69 Å². The van der Waals surface area contributed by atoms with E-state index in [1.807, 2.05) is 0 Å². The molecule has 1 heterocycles. The number of halogens is 2. The molecule has 0 radical (unpaired) electrons. The van der Waals surface area contributed by atoms with Crippen LogP contribution in [-0.2, 0) is 10.0 Å². The first kappa shape index (κ1) is 18.8. The summed E-state index contributed by atoms with van der Waals surface area (Å²) in [7, 11) is -3.85. The molecule has 0 bridgehead atoms. The van der Waals surface area contributed by atoms with Gasteiger partial charge in [0.2, 0.25) is 5.95 Å². The third kappa shape index (κ3) is 4.60. The Kier molecular flexibility index (Phi) is 5.38. The van der Waals surface area contributed by atoms with Gasteiger partial charge in [-0.1, -0.05) is 29.8 Å². The molecule has 2 N–H and O–H groups in total. The summed E-state index contributed by atoms with van der Waals surface area (Å²) in [4.78, 5) is 15.5. The fourth-order valence-corrected chi connectivity index (χ4v) is 3.51. The van der Waals surface area contributed by atoms with Crippen LogP contribution in [0.15, 0.2) is 71.6 Å². The van der Waals surface area contributed by atoms with Gasteiger partial charge in [-0.3, -0.25) is 9.52 Å². The molecule has 27 heavy (non-hydrogen) atoms. The summed E-state index contributed by atoms with van der Waals surface area (Å²) >= 11 is 5.96. The maximum absolute atomic E-state index is 13.1. The van der Waals surface area contributed by atoms with Crippen molar-refractivity contribution >= 4 is 38.9 Å². The van der Waals surface area contributed by atoms with Gasteiger partial charge in [-0.05, 0) is 48.5 Å². The van der Waals surface area contributed by atoms with E-state index in [4.69, 9.17) is 11.6 Å². The average molecular weight is 406 g/mol. The van der Waals surface area contributed by atoms with E-state index >= 15 is 0 Å². The Bertz CT molecular complexity index is 1090. The van der Waals surface area contributed by atoms with Crippen molar-refractivity contribution < 1.29 is 17.6 Å². The minimum atomic E-state index is -3.85. The van der Waals surface area contributed by atoms with Crippen molar-refractivity contribution in [1.82, 2.24) is 4.98 Å². The van der Waals surface area contributed by atoms with Gasteiger partial charge in [0.1, 0.15) is 5.69 Å². The molecule has 0 saturated carbocycles. The lowest BCUT2D eigenvalue weighted by molar-refractivity contribution is 0.102. The fraction of sp³-hybridized carbons (Fsp3) is 0. The van der Waals surface area contributed by atoms with Crippen molar-refractivity contribution in [3.05, 3.63) is 83.4 Å². The van der Waals surface area contributed by atoms with Gasteiger partial charge in [0.05, 0.1) is 15.6 Å². The molecule has 0 aliphatic rings. The van der Waals surface area contributed by atoms with Crippen molar-refractivity contribution in [1.29, 1.82) is 0 Å². The molecule has 2 aromatic carbocycles. The van der Waals surface area contributed by atoms with E-state index < -0.39 is 21.9 Å². The largest absolute Gasteiger partial charge is 0.321 e. The normalized spacial score (nSPS) is 11.0. The topological polar surface area (TPSA) is 88.2 Å². The first-order chi connectivity index (χ1) is 12.8. The van der Waals surface area contributed by atoms with Crippen molar-refractivity contribution in [2.45, 2.75) is 4.90 Å². The second-order valence-corrected chi connectivity index (χ2v) is 7.50. The number of anilines is 2. The number of amides is 1. The maximum atomic E-state index is 13.1. The fourth-order valence-electron chi connectivity index (χ4n) is 2.19. The van der Waals surface area contributed by atoms with E-state index in [1.54, 1.807) is 24.3 Å². The van der Waals surface area contributed by atoms with Crippen LogP contribution in [0, 0.1) is 5.95 Å². The maximum Gasteiger partial charge on any atom is 0.274 e. The number of para-hydroxylation sites is 1. The van der Waals surface area contributed by atoms with Crippen molar-refractivity contribution in [2.24, 2.45) is 0 Å². The van der Waals surface area contributed by atoms with Crippen LogP contribution in [0.2, 0.25) is 5.02 Å². The van der Waals surface area contributed by atoms with Crippen LogP contribution >= 0.6 is 11.6 Å². The van der Waals surface area contributed by atoms with Crippen molar-refractivity contribution in [3.63, 3.8) is 0 Å². The lowest BCUT2D eigenvalue weighted by Crippen LogP contribution is -2.15. The number of hydrogen-bond acceptors (Lipinski definition) is 4. The summed E-state index contributed by atoms with van der Waals surface area (Å²) in [6.07, 6.45) is 0. The highest BCUT2D eigenvalue weighted by Gasteiger charge is 2.16. The highest BCUT2D eigenvalue weighted by molar-refractivity contribution is 7.92. The molecule has 6 nitrogen and oxygen atoms in total. The van der Waals surface area contributed by atoms with E-state index in [9.17, 15) is 17.6 Å². The Hall–Kier alpha value is -2.97. The Morgan fingerprint density at radius 1 is 0.963 bits per heavy atom. The van der Waals surface area contributed by atoms with Crippen molar-refractivity contribution in [3.8, 4) is 0 Å². The van der Waals surface area contributed by atoms with Gasteiger partial charge in [-0.15, -0.1) is 0 Å². The monoisotopic (exact) mass is 405 g/mol. The zero-order valence-corrected chi connectivity index (χ0v) is 15.3. The number of carbonyl (C=O) groups excluding carboxylic acids is 1. The number of nitrogens with one attached hydrogen (secondary N) is 2. The molecule has 0 spiro atoms. The van der Waals surface area contributed by atoms with Gasteiger partial charge in [-0.2, -0.15) is 4.39 Å². The summed E-state index contributed by atoms with van der Waals surface area (Å²) < 4.78 is 40.4. The van der Waals surface area contributed by atoms with Crippen LogP contribution in [-0.4, -0.2) is 19.3 Å². The molecule has 0 aliphatic heterocycles. The quantitative estimate of drug-likeness (QED) is 0.629. The predicted molar refractivity (Wildman–Crippen MR) is 101 cm³/mol. The molecular formula is C18H13ClFN3O3S. The number of pyridine rings is 1. The molecule has 9 heteroatoms. The smallest absolute Gasteiger partial charge is 0.274 e. The van der Waals surface area contributed by atoms with E-state index in [2.05, 4.69) is 15.0 Å². The molecule has 1 aromatic heterocycles. The zero-order chi connectivity index (χ0) is 19.4. The SMILES string of the molecule is O=C(Nc1ccc(S(=O)(=O)Nc2ccccc2Cl)cc1)c1cccc(F)n1. The molecule has 0 saturated heterocycles. The number of sulfonamides is 1. The van der Waals surface area contributed by atoms with E-state index in [0.717, 1.165) is 6.07 Å². The number of benzene rings is 2. The van der Waals surface area contributed by atoms with Gasteiger partial charge < -0.3 is 5.32 Å². The van der Waals surface area contributed by atoms with E-state index in [-0.39, 0.29) is 21.3 Å². The average Bonchev–Trinajstić information content (AvgIpc) is 2.64. The van der Waals surface area contributed by atoms with Crippen LogP contribution < -0.4 is 10.0 Å². The van der Waals surface area contributed by atoms with E-state index in [1.165, 1.54) is 36.4 Å². The molecule has 0 aliphatic carbocycles. The van der Waals surface area contributed by atoms with Crippen LogP contribution in [0.3, 0.4) is 0 Å². The van der Waals surface area contributed by atoms with Crippen LogP contribution in [0.5, 0.6) is 0 Å². The summed E-state index contributed by atoms with van der Waals surface area (Å²) in [6.45, 7) is 0. The first-order valence-corrected chi connectivity index (χ1v) is 9.52. The lowest BCUT2D eigenvalue weighted by Gasteiger charge is -2.10. The Balaban J connectivity index is 1.75. The zero-order valence-electron chi connectivity index (χ0n) is 13.7. The predicted octanol–water partition coefficient (Wildman–Crippen LogP) is 3.93. The standard InChI is InChI=1S/C18H13ClFN3O3S/c19-14-4-1-2-5-15(14)23-27(25,26)13-10-8-12(9-11-13)21-18(24)16-6-3-7-17(20)22-16/h1-11,23H,(H,21,24). The summed E-state index contributed by atoms with van der Waals surface area (Å²) in [5.74, 6) is -1.38. The minimum absolute atomic E-state index is 0.00991. The molecule has 138 valence electrons. The minimum Gasteiger partial charge on any atom is -0.321 e. The van der Waals surface area contributed by atoms with Crippen LogP contribution in [0.4, 0.5) is 15.8 Å². The van der Waals surface area contributed by atoms with Crippen LogP contribution in [0.25, 0.3) is 0 Å². The Labute approximate surface area is 160 Å². The highest BCUT2D eigenvalue weighted by Crippen LogP contribution is 2.24. The van der Waals surface area contributed by atoms with Gasteiger partial charge >= 0.3 is 0 Å². The van der Waals surface area contributed by atoms with Crippen LogP contribution in [0.1, 0.15) is 10.5 Å². The second-order valence-electron chi connectivity index (χ2n) is 5.41. The van der Waals surface area contributed by atoms with Gasteiger partial charge in [0.25, 0.3) is 15.9 Å². The number of carbonyl (C=O) groups is 1. The lowest BCUT2D eigenvalue weighted by atomic mass is 10.3. The first-order valence-electron chi connectivity index (χ1n) is 7.66.